The summed E-state index contributed by atoms with van der Waals surface area (Å²) in [6.07, 6.45) is 6.69. The topological polar surface area (TPSA) is 116 Å². The summed E-state index contributed by atoms with van der Waals surface area (Å²) in [5, 5.41) is 8.52. The maximum atomic E-state index is 13.2. The Kier molecular flexibility index (Phi) is 7.14. The molecule has 5 aromatic rings. The van der Waals surface area contributed by atoms with E-state index in [0.717, 1.165) is 27.1 Å². The van der Waals surface area contributed by atoms with Crippen molar-refractivity contribution in [2.75, 3.05) is 11.9 Å². The molecule has 0 aliphatic carbocycles. The number of aromatic amines is 1. The summed E-state index contributed by atoms with van der Waals surface area (Å²) in [6.45, 7) is 7.89. The molecule has 1 amide bonds. The summed E-state index contributed by atoms with van der Waals surface area (Å²) in [4.78, 5) is 29.8. The summed E-state index contributed by atoms with van der Waals surface area (Å²) in [5.74, 6) is 0.0352. The van der Waals surface area contributed by atoms with Gasteiger partial charge < -0.3 is 14.3 Å². The summed E-state index contributed by atoms with van der Waals surface area (Å²) in [7, 11) is 0.706. The van der Waals surface area contributed by atoms with E-state index in [2.05, 4.69) is 75.7 Å². The van der Waals surface area contributed by atoms with Gasteiger partial charge in [0.1, 0.15) is 23.6 Å². The molecule has 0 atom stereocenters. The van der Waals surface area contributed by atoms with Gasteiger partial charge in [0.25, 0.3) is 5.91 Å². The Balaban J connectivity index is 1.54. The number of fused-ring (bicyclic) bond motifs is 2. The largest absolute Gasteiger partial charge is 0.361 e. The number of aryl methyl sites for hydroxylation is 1. The highest BCUT2D eigenvalue weighted by Gasteiger charge is 2.21. The molecule has 0 saturated carbocycles. The molecule has 192 valence electrons. The fourth-order valence-electron chi connectivity index (χ4n) is 4.06. The van der Waals surface area contributed by atoms with Gasteiger partial charge in [0, 0.05) is 50.1 Å². The van der Waals surface area contributed by atoms with Crippen LogP contribution >= 0.6 is 22.6 Å². The number of rotatable bonds is 9. The lowest BCUT2D eigenvalue weighted by atomic mass is 10.1. The molecule has 0 bridgehead atoms. The van der Waals surface area contributed by atoms with Crippen molar-refractivity contribution >= 4 is 64.6 Å². The smallest absolute Gasteiger partial charge is 0.261 e. The zero-order valence-corrected chi connectivity index (χ0v) is 24.4. The van der Waals surface area contributed by atoms with Gasteiger partial charge in [0.2, 0.25) is 5.95 Å². The number of imidazole rings is 1. The summed E-state index contributed by atoms with van der Waals surface area (Å²) >= 11 is 2.35. The van der Waals surface area contributed by atoms with E-state index in [1.165, 1.54) is 5.56 Å². The summed E-state index contributed by atoms with van der Waals surface area (Å²) in [5.41, 5.74) is 5.03. The number of carbonyl (C=O) groups excluding carboxylic acids is 1. The van der Waals surface area contributed by atoms with Crippen LogP contribution in [-0.4, -0.2) is 54.9 Å². The van der Waals surface area contributed by atoms with Crippen molar-refractivity contribution in [1.82, 2.24) is 34.3 Å². The van der Waals surface area contributed by atoms with Gasteiger partial charge in [-0.05, 0) is 17.7 Å². The van der Waals surface area contributed by atoms with E-state index in [-0.39, 0.29) is 12.6 Å². The minimum atomic E-state index is -1.22. The van der Waals surface area contributed by atoms with Crippen LogP contribution < -0.4 is 5.32 Å². The molecule has 4 aromatic heterocycles. The maximum absolute atomic E-state index is 13.2. The second-order valence-corrected chi connectivity index (χ2v) is 16.5. The molecule has 10 nitrogen and oxygen atoms in total. The predicted octanol–water partition coefficient (Wildman–Crippen LogP) is 5.21. The number of aromatic nitrogens is 7. The average Bonchev–Trinajstić information content (AvgIpc) is 3.59. The van der Waals surface area contributed by atoms with Gasteiger partial charge in [0.15, 0.2) is 5.65 Å². The van der Waals surface area contributed by atoms with Gasteiger partial charge in [-0.15, -0.1) is 0 Å². The van der Waals surface area contributed by atoms with E-state index in [1.54, 1.807) is 24.8 Å². The Hall–Kier alpha value is -3.10. The molecular weight excluding hydrogens is 599 g/mol. The standard InChI is InChI=1S/C25H29IN8O2Si/c1-33-20-11-16(12-26)5-6-17(20)21(32-33)19-13-29-23-22(30-19)18(24(35)31-25-27-7-8-28-25)14-34(23)15-36-9-10-37(2,3)4/h5-8,11,13-14H,9-10,12,15H2,1-4H3,(H2,27,28,31,35). The van der Waals surface area contributed by atoms with Crippen LogP contribution in [-0.2, 0) is 22.9 Å². The fraction of sp³-hybridized carbons (Fsp3) is 0.320. The number of anilines is 1. The molecule has 0 saturated heterocycles. The lowest BCUT2D eigenvalue weighted by molar-refractivity contribution is 0.0895. The number of carbonyl (C=O) groups is 1. The first kappa shape index (κ1) is 25.5. The zero-order chi connectivity index (χ0) is 26.2. The number of H-pyrrole nitrogens is 1. The highest BCUT2D eigenvalue weighted by Crippen LogP contribution is 2.29. The molecule has 1 aromatic carbocycles. The van der Waals surface area contributed by atoms with Crippen molar-refractivity contribution in [2.24, 2.45) is 7.05 Å². The molecule has 0 unspecified atom stereocenters. The maximum Gasteiger partial charge on any atom is 0.261 e. The minimum Gasteiger partial charge on any atom is -0.361 e. The van der Waals surface area contributed by atoms with Crippen LogP contribution in [0, 0.1) is 0 Å². The first-order chi connectivity index (χ1) is 17.7. The number of amides is 1. The number of nitrogens with one attached hydrogen (secondary N) is 2. The van der Waals surface area contributed by atoms with Gasteiger partial charge in [-0.2, -0.15) is 5.10 Å². The lowest BCUT2D eigenvalue weighted by Crippen LogP contribution is -2.22. The van der Waals surface area contributed by atoms with E-state index in [9.17, 15) is 4.79 Å². The van der Waals surface area contributed by atoms with E-state index >= 15 is 0 Å². The monoisotopic (exact) mass is 628 g/mol. The Labute approximate surface area is 229 Å². The van der Waals surface area contributed by atoms with E-state index < -0.39 is 8.07 Å². The number of nitrogens with zero attached hydrogens (tertiary/aromatic N) is 6. The molecule has 0 aliphatic rings. The van der Waals surface area contributed by atoms with Gasteiger partial charge in [-0.1, -0.05) is 54.4 Å². The van der Waals surface area contributed by atoms with Crippen molar-refractivity contribution in [1.29, 1.82) is 0 Å². The van der Waals surface area contributed by atoms with Crippen molar-refractivity contribution in [3.8, 4) is 11.4 Å². The third-order valence-electron chi connectivity index (χ3n) is 6.08. The third-order valence-corrected chi connectivity index (χ3v) is 8.66. The normalized spacial score (nSPS) is 12.0. The lowest BCUT2D eigenvalue weighted by Gasteiger charge is -2.15. The van der Waals surface area contributed by atoms with Crippen molar-refractivity contribution in [3.63, 3.8) is 0 Å². The summed E-state index contributed by atoms with van der Waals surface area (Å²) < 4.78 is 10.6. The van der Waals surface area contributed by atoms with E-state index in [0.29, 0.717) is 35.0 Å². The molecule has 0 aliphatic heterocycles. The van der Waals surface area contributed by atoms with Crippen molar-refractivity contribution in [2.45, 2.75) is 36.8 Å². The second kappa shape index (κ2) is 10.3. The number of benzene rings is 1. The first-order valence-corrected chi connectivity index (χ1v) is 17.2. The fourth-order valence-corrected chi connectivity index (χ4v) is 5.29. The number of hydrogen-bond acceptors (Lipinski definition) is 6. The Morgan fingerprint density at radius 3 is 2.81 bits per heavy atom. The molecule has 4 heterocycles. The number of ether oxygens (including phenoxy) is 1. The highest BCUT2D eigenvalue weighted by molar-refractivity contribution is 14.1. The van der Waals surface area contributed by atoms with Crippen LogP contribution in [0.4, 0.5) is 5.95 Å². The number of hydrogen-bond donors (Lipinski definition) is 2. The minimum absolute atomic E-state index is 0.286. The molecule has 0 spiro atoms. The van der Waals surface area contributed by atoms with Gasteiger partial charge in [-0.25, -0.2) is 15.0 Å². The molecule has 0 fully saturated rings. The van der Waals surface area contributed by atoms with Gasteiger partial charge in [-0.3, -0.25) is 14.8 Å². The highest BCUT2D eigenvalue weighted by atomic mass is 127. The molecule has 5 rings (SSSR count). The predicted molar refractivity (Wildman–Crippen MR) is 156 cm³/mol. The van der Waals surface area contributed by atoms with Crippen LogP contribution in [0.1, 0.15) is 15.9 Å². The Bertz CT molecular complexity index is 1570. The Morgan fingerprint density at radius 2 is 2.08 bits per heavy atom. The molecule has 2 N–H and O–H groups in total. The van der Waals surface area contributed by atoms with E-state index in [4.69, 9.17) is 19.8 Å². The second-order valence-electron chi connectivity index (χ2n) is 10.1. The Morgan fingerprint density at radius 1 is 1.24 bits per heavy atom. The molecule has 0 radical (unpaired) electrons. The summed E-state index contributed by atoms with van der Waals surface area (Å²) in [6, 6.07) is 7.36. The molecule has 37 heavy (non-hydrogen) atoms. The van der Waals surface area contributed by atoms with Crippen molar-refractivity contribution < 1.29 is 9.53 Å². The first-order valence-electron chi connectivity index (χ1n) is 12.0. The molecule has 12 heteroatoms. The third kappa shape index (κ3) is 5.45. The van der Waals surface area contributed by atoms with Crippen molar-refractivity contribution in [3.05, 3.63) is 54.1 Å². The van der Waals surface area contributed by atoms with Crippen LogP contribution in [0.25, 0.3) is 33.5 Å². The van der Waals surface area contributed by atoms with Crippen LogP contribution in [0.3, 0.4) is 0 Å². The van der Waals surface area contributed by atoms with Crippen LogP contribution in [0.15, 0.2) is 43.0 Å². The van der Waals surface area contributed by atoms with Crippen LogP contribution in [0.2, 0.25) is 25.7 Å². The zero-order valence-electron chi connectivity index (χ0n) is 21.2. The number of halogens is 1. The average molecular weight is 629 g/mol. The number of alkyl halides is 1. The van der Waals surface area contributed by atoms with Gasteiger partial charge in [0.05, 0.1) is 17.3 Å². The quantitative estimate of drug-likeness (QED) is 0.100. The molecular formula is C25H29IN8O2Si. The SMILES string of the molecule is Cn1nc(-c2cnc3c(n2)c(C(=O)Nc2ncc[nH]2)cn3COCC[Si](C)(C)C)c2ccc(CI)cc21. The van der Waals surface area contributed by atoms with E-state index in [1.807, 2.05) is 16.3 Å². The van der Waals surface area contributed by atoms with Crippen LogP contribution in [0.5, 0.6) is 0 Å². The van der Waals surface area contributed by atoms with Gasteiger partial charge >= 0.3 is 0 Å².